The molecular formula is C15H9O2S-. The highest BCUT2D eigenvalue weighted by molar-refractivity contribution is 7.17. The van der Waals surface area contributed by atoms with Crippen molar-refractivity contribution >= 4 is 28.1 Å². The smallest absolute Gasteiger partial charge is 0.0815 e. The van der Waals surface area contributed by atoms with Crippen molar-refractivity contribution in [2.24, 2.45) is 0 Å². The van der Waals surface area contributed by atoms with Gasteiger partial charge in [0.1, 0.15) is 0 Å². The van der Waals surface area contributed by atoms with Gasteiger partial charge in [-0.3, -0.25) is 0 Å². The second kappa shape index (κ2) is 4.27. The van der Waals surface area contributed by atoms with Crippen LogP contribution in [0.1, 0.15) is 9.67 Å². The molecule has 2 nitrogen and oxygen atoms in total. The molecule has 2 aromatic carbocycles. The van der Waals surface area contributed by atoms with Gasteiger partial charge in [0.05, 0.1) is 10.8 Å². The zero-order valence-electron chi connectivity index (χ0n) is 9.42. The number of rotatable bonds is 2. The summed E-state index contributed by atoms with van der Waals surface area (Å²) in [7, 11) is 0. The number of carbonyl (C=O) groups excluding carboxylic acids is 1. The maximum absolute atomic E-state index is 10.8. The van der Waals surface area contributed by atoms with E-state index in [1.165, 1.54) is 11.3 Å². The molecule has 0 unspecified atom stereocenters. The molecule has 88 valence electrons. The summed E-state index contributed by atoms with van der Waals surface area (Å²) in [6, 6.07) is 17.5. The maximum Gasteiger partial charge on any atom is 0.0815 e. The van der Waals surface area contributed by atoms with Crippen molar-refractivity contribution in [3.63, 3.8) is 0 Å². The monoisotopic (exact) mass is 253 g/mol. The summed E-state index contributed by atoms with van der Waals surface area (Å²) in [6.07, 6.45) is 0. The van der Waals surface area contributed by atoms with Crippen LogP contribution in [-0.2, 0) is 0 Å². The summed E-state index contributed by atoms with van der Waals surface area (Å²) in [5.41, 5.74) is 1.06. The van der Waals surface area contributed by atoms with Crippen LogP contribution < -0.4 is 5.11 Å². The van der Waals surface area contributed by atoms with Crippen molar-refractivity contribution in [3.8, 4) is 10.4 Å². The number of carboxylic acids is 1. The average Bonchev–Trinajstić information content (AvgIpc) is 2.87. The van der Waals surface area contributed by atoms with Crippen molar-refractivity contribution in [3.05, 3.63) is 59.5 Å². The fourth-order valence-corrected chi connectivity index (χ4v) is 2.91. The Labute approximate surface area is 108 Å². The molecule has 1 heterocycles. The van der Waals surface area contributed by atoms with Crippen LogP contribution in [0.3, 0.4) is 0 Å². The Hall–Kier alpha value is -2.13. The molecule has 0 aliphatic heterocycles. The summed E-state index contributed by atoms with van der Waals surface area (Å²) >= 11 is 1.25. The van der Waals surface area contributed by atoms with Crippen molar-refractivity contribution in [2.45, 2.75) is 0 Å². The lowest BCUT2D eigenvalue weighted by molar-refractivity contribution is -0.254. The van der Waals surface area contributed by atoms with E-state index < -0.39 is 5.97 Å². The molecule has 0 aliphatic rings. The number of carbonyl (C=O) groups is 1. The SMILES string of the molecule is O=C([O-])c1ccc(-c2cccc3ccccc23)s1. The molecule has 1 aromatic heterocycles. The van der Waals surface area contributed by atoms with Crippen molar-refractivity contribution < 1.29 is 9.90 Å². The van der Waals surface area contributed by atoms with Gasteiger partial charge in [0.2, 0.25) is 0 Å². The first-order valence-corrected chi connectivity index (χ1v) is 6.37. The van der Waals surface area contributed by atoms with Gasteiger partial charge in [-0.2, -0.15) is 0 Å². The molecule has 3 aromatic rings. The number of hydrogen-bond acceptors (Lipinski definition) is 3. The molecule has 0 spiro atoms. The van der Waals surface area contributed by atoms with Crippen molar-refractivity contribution in [1.82, 2.24) is 0 Å². The third-order valence-corrected chi connectivity index (χ3v) is 3.96. The van der Waals surface area contributed by atoms with E-state index in [0.717, 1.165) is 21.2 Å². The van der Waals surface area contributed by atoms with Crippen LogP contribution in [0.25, 0.3) is 21.2 Å². The van der Waals surface area contributed by atoms with E-state index in [1.54, 1.807) is 6.07 Å². The highest BCUT2D eigenvalue weighted by atomic mass is 32.1. The van der Waals surface area contributed by atoms with Crippen LogP contribution in [0.4, 0.5) is 0 Å². The molecule has 3 rings (SSSR count). The van der Waals surface area contributed by atoms with Gasteiger partial charge >= 0.3 is 0 Å². The van der Waals surface area contributed by atoms with E-state index in [0.29, 0.717) is 0 Å². The summed E-state index contributed by atoms with van der Waals surface area (Å²) in [6.45, 7) is 0. The second-order valence-electron chi connectivity index (χ2n) is 3.98. The predicted molar refractivity (Wildman–Crippen MR) is 71.6 cm³/mol. The molecule has 3 heteroatoms. The van der Waals surface area contributed by atoms with Crippen LogP contribution in [-0.4, -0.2) is 5.97 Å². The molecule has 0 saturated carbocycles. The average molecular weight is 253 g/mol. The number of fused-ring (bicyclic) bond motifs is 1. The Bertz CT molecular complexity index is 723. The first-order chi connectivity index (χ1) is 8.75. The lowest BCUT2D eigenvalue weighted by Gasteiger charge is -2.04. The second-order valence-corrected chi connectivity index (χ2v) is 5.06. The van der Waals surface area contributed by atoms with E-state index >= 15 is 0 Å². The molecule has 0 aliphatic carbocycles. The summed E-state index contributed by atoms with van der Waals surface area (Å²) in [5, 5.41) is 13.1. The lowest BCUT2D eigenvalue weighted by atomic mass is 10.0. The minimum atomic E-state index is -1.12. The van der Waals surface area contributed by atoms with Gasteiger partial charge in [-0.25, -0.2) is 0 Å². The summed E-state index contributed by atoms with van der Waals surface area (Å²) in [5.74, 6) is -1.12. The van der Waals surface area contributed by atoms with Crippen LogP contribution >= 0.6 is 11.3 Å². The Morgan fingerprint density at radius 3 is 2.50 bits per heavy atom. The van der Waals surface area contributed by atoms with E-state index in [2.05, 4.69) is 0 Å². The minimum Gasteiger partial charge on any atom is -0.544 e. The molecular weight excluding hydrogens is 244 g/mol. The topological polar surface area (TPSA) is 40.1 Å². The molecule has 0 amide bonds. The first-order valence-electron chi connectivity index (χ1n) is 5.55. The minimum absolute atomic E-state index is 0.262. The molecule has 0 N–H and O–H groups in total. The molecule has 0 bridgehead atoms. The fraction of sp³-hybridized carbons (Fsp3) is 0. The quantitative estimate of drug-likeness (QED) is 0.704. The fourth-order valence-electron chi connectivity index (χ4n) is 2.03. The molecule has 0 saturated heterocycles. The number of aromatic carboxylic acids is 1. The Kier molecular flexibility index (Phi) is 2.61. The van der Waals surface area contributed by atoms with E-state index in [-0.39, 0.29) is 4.88 Å². The third kappa shape index (κ3) is 1.79. The normalized spacial score (nSPS) is 10.7. The number of benzene rings is 2. The Balaban J connectivity index is 2.21. The van der Waals surface area contributed by atoms with Crippen LogP contribution in [0.15, 0.2) is 54.6 Å². The van der Waals surface area contributed by atoms with Crippen molar-refractivity contribution in [1.29, 1.82) is 0 Å². The van der Waals surface area contributed by atoms with Crippen LogP contribution in [0.2, 0.25) is 0 Å². The van der Waals surface area contributed by atoms with E-state index in [1.807, 2.05) is 48.5 Å². The lowest BCUT2D eigenvalue weighted by Crippen LogP contribution is -2.20. The van der Waals surface area contributed by atoms with Gasteiger partial charge in [0.15, 0.2) is 0 Å². The van der Waals surface area contributed by atoms with Gasteiger partial charge in [-0.15, -0.1) is 11.3 Å². The van der Waals surface area contributed by atoms with E-state index in [9.17, 15) is 9.90 Å². The van der Waals surface area contributed by atoms with Crippen LogP contribution in [0.5, 0.6) is 0 Å². The standard InChI is InChI=1S/C15H10O2S/c16-15(17)14-9-8-13(18-14)12-7-3-5-10-4-1-2-6-11(10)12/h1-9H,(H,16,17)/p-1. The molecule has 0 fully saturated rings. The van der Waals surface area contributed by atoms with E-state index in [4.69, 9.17) is 0 Å². The zero-order chi connectivity index (χ0) is 12.5. The van der Waals surface area contributed by atoms with Gasteiger partial charge in [0.25, 0.3) is 0 Å². The molecule has 0 atom stereocenters. The third-order valence-electron chi connectivity index (χ3n) is 2.86. The molecule has 18 heavy (non-hydrogen) atoms. The Morgan fingerprint density at radius 2 is 1.72 bits per heavy atom. The number of hydrogen-bond donors (Lipinski definition) is 0. The number of carboxylic acid groups (broad SMARTS) is 1. The Morgan fingerprint density at radius 1 is 0.944 bits per heavy atom. The van der Waals surface area contributed by atoms with Crippen molar-refractivity contribution in [2.75, 3.05) is 0 Å². The maximum atomic E-state index is 10.8. The highest BCUT2D eigenvalue weighted by Crippen LogP contribution is 2.33. The van der Waals surface area contributed by atoms with Gasteiger partial charge in [0, 0.05) is 4.88 Å². The summed E-state index contributed by atoms with van der Waals surface area (Å²) < 4.78 is 0. The summed E-state index contributed by atoms with van der Waals surface area (Å²) in [4.78, 5) is 12.0. The first kappa shape index (κ1) is 11.0. The van der Waals surface area contributed by atoms with Gasteiger partial charge < -0.3 is 9.90 Å². The van der Waals surface area contributed by atoms with Gasteiger partial charge in [-0.05, 0) is 28.5 Å². The zero-order valence-corrected chi connectivity index (χ0v) is 10.2. The van der Waals surface area contributed by atoms with Gasteiger partial charge in [-0.1, -0.05) is 42.5 Å². The highest BCUT2D eigenvalue weighted by Gasteiger charge is 2.06. The number of thiophene rings is 1. The predicted octanol–water partition coefficient (Wildman–Crippen LogP) is 2.93. The van der Waals surface area contributed by atoms with Crippen LogP contribution in [0, 0.1) is 0 Å². The molecule has 0 radical (unpaired) electrons. The largest absolute Gasteiger partial charge is 0.544 e.